The average Bonchev–Trinajstić information content (AvgIpc) is 2.58. The van der Waals surface area contributed by atoms with Crippen molar-refractivity contribution in [3.8, 4) is 5.75 Å². The number of piperidine rings is 1. The quantitative estimate of drug-likeness (QED) is 0.862. The number of para-hydroxylation sites is 1. The molecule has 1 saturated heterocycles. The molecule has 0 bridgehead atoms. The molecule has 0 aliphatic carbocycles. The van der Waals surface area contributed by atoms with Gasteiger partial charge in [0.25, 0.3) is 0 Å². The van der Waals surface area contributed by atoms with Crippen LogP contribution < -0.4 is 4.74 Å². The highest BCUT2D eigenvalue weighted by Gasteiger charge is 2.27. The minimum Gasteiger partial charge on any atom is -0.496 e. The Labute approximate surface area is 131 Å². The number of nitrogens with zero attached hydrogens (tertiary/aromatic N) is 1. The first-order valence-electron chi connectivity index (χ1n) is 7.72. The van der Waals surface area contributed by atoms with Crippen molar-refractivity contribution in [3.63, 3.8) is 0 Å². The van der Waals surface area contributed by atoms with Crippen LogP contribution in [-0.2, 0) is 11.3 Å². The predicted octanol–water partition coefficient (Wildman–Crippen LogP) is 3.60. The molecular weight excluding hydrogens is 274 g/mol. The van der Waals surface area contributed by atoms with Crippen molar-refractivity contribution in [3.05, 3.63) is 65.7 Å². The molecule has 22 heavy (non-hydrogen) atoms. The van der Waals surface area contributed by atoms with Crippen LogP contribution in [0.3, 0.4) is 0 Å². The van der Waals surface area contributed by atoms with E-state index in [0.29, 0.717) is 18.9 Å². The van der Waals surface area contributed by atoms with Gasteiger partial charge in [-0.2, -0.15) is 0 Å². The van der Waals surface area contributed by atoms with Gasteiger partial charge in [-0.15, -0.1) is 0 Å². The van der Waals surface area contributed by atoms with E-state index >= 15 is 0 Å². The number of carbonyl (C=O) groups excluding carboxylic acids is 1. The number of methoxy groups -OCH3 is 1. The maximum Gasteiger partial charge on any atom is 0.223 e. The van der Waals surface area contributed by atoms with E-state index in [1.807, 2.05) is 47.4 Å². The summed E-state index contributed by atoms with van der Waals surface area (Å²) < 4.78 is 5.37. The van der Waals surface area contributed by atoms with Crippen molar-refractivity contribution >= 4 is 5.91 Å². The fourth-order valence-electron chi connectivity index (χ4n) is 3.09. The lowest BCUT2D eigenvalue weighted by Gasteiger charge is -2.32. The van der Waals surface area contributed by atoms with Crippen LogP contribution in [0.2, 0.25) is 0 Å². The third-order valence-corrected chi connectivity index (χ3v) is 4.35. The number of carbonyl (C=O) groups is 1. The zero-order valence-corrected chi connectivity index (χ0v) is 12.9. The molecule has 1 heterocycles. The smallest absolute Gasteiger partial charge is 0.223 e. The average molecular weight is 295 g/mol. The van der Waals surface area contributed by atoms with E-state index in [0.717, 1.165) is 24.3 Å². The number of amides is 1. The van der Waals surface area contributed by atoms with Crippen LogP contribution in [0.5, 0.6) is 5.75 Å². The van der Waals surface area contributed by atoms with Gasteiger partial charge in [0.1, 0.15) is 5.75 Å². The van der Waals surface area contributed by atoms with E-state index in [1.54, 1.807) is 7.11 Å². The molecule has 1 aliphatic heterocycles. The van der Waals surface area contributed by atoms with E-state index in [9.17, 15) is 4.79 Å². The van der Waals surface area contributed by atoms with Crippen molar-refractivity contribution in [1.82, 2.24) is 4.90 Å². The Morgan fingerprint density at radius 1 is 1.09 bits per heavy atom. The SMILES string of the molecule is COc1ccccc1CN1CC[C@@H](c2ccccc2)CC1=O. The fraction of sp³-hybridized carbons (Fsp3) is 0.316. The molecule has 2 aromatic carbocycles. The molecule has 1 amide bonds. The van der Waals surface area contributed by atoms with Crippen molar-refractivity contribution < 1.29 is 9.53 Å². The third-order valence-electron chi connectivity index (χ3n) is 4.35. The van der Waals surface area contributed by atoms with Crippen LogP contribution in [0.25, 0.3) is 0 Å². The van der Waals surface area contributed by atoms with Crippen molar-refractivity contribution in [2.75, 3.05) is 13.7 Å². The van der Waals surface area contributed by atoms with Gasteiger partial charge in [-0.1, -0.05) is 48.5 Å². The molecule has 1 aliphatic rings. The summed E-state index contributed by atoms with van der Waals surface area (Å²) in [4.78, 5) is 14.4. The Bertz CT molecular complexity index is 639. The second-order valence-electron chi connectivity index (χ2n) is 5.73. The number of likely N-dealkylation sites (tertiary alicyclic amines) is 1. The Balaban J connectivity index is 1.67. The molecule has 1 atom stereocenters. The Kier molecular flexibility index (Phi) is 4.42. The Morgan fingerprint density at radius 2 is 1.82 bits per heavy atom. The van der Waals surface area contributed by atoms with E-state index < -0.39 is 0 Å². The summed E-state index contributed by atoms with van der Waals surface area (Å²) in [6.07, 6.45) is 1.62. The first-order valence-corrected chi connectivity index (χ1v) is 7.72. The van der Waals surface area contributed by atoms with Crippen molar-refractivity contribution in [2.24, 2.45) is 0 Å². The van der Waals surface area contributed by atoms with Crippen LogP contribution in [0.1, 0.15) is 29.9 Å². The molecule has 0 N–H and O–H groups in total. The van der Waals surface area contributed by atoms with Gasteiger partial charge in [-0.3, -0.25) is 4.79 Å². The predicted molar refractivity (Wildman–Crippen MR) is 86.8 cm³/mol. The maximum atomic E-state index is 12.5. The minimum absolute atomic E-state index is 0.228. The maximum absolute atomic E-state index is 12.5. The van der Waals surface area contributed by atoms with Gasteiger partial charge < -0.3 is 9.64 Å². The molecule has 3 nitrogen and oxygen atoms in total. The molecule has 1 fully saturated rings. The molecule has 2 aromatic rings. The molecule has 0 saturated carbocycles. The summed E-state index contributed by atoms with van der Waals surface area (Å²) in [6.45, 7) is 1.43. The monoisotopic (exact) mass is 295 g/mol. The Hall–Kier alpha value is -2.29. The van der Waals surface area contributed by atoms with Crippen molar-refractivity contribution in [2.45, 2.75) is 25.3 Å². The van der Waals surface area contributed by atoms with Gasteiger partial charge in [-0.25, -0.2) is 0 Å². The minimum atomic E-state index is 0.228. The van der Waals surface area contributed by atoms with Gasteiger partial charge in [0, 0.05) is 25.1 Å². The number of hydrogen-bond donors (Lipinski definition) is 0. The summed E-state index contributed by atoms with van der Waals surface area (Å²) in [7, 11) is 1.67. The lowest BCUT2D eigenvalue weighted by Crippen LogP contribution is -2.37. The number of benzene rings is 2. The molecule has 0 aromatic heterocycles. The summed E-state index contributed by atoms with van der Waals surface area (Å²) in [5.74, 6) is 1.43. The largest absolute Gasteiger partial charge is 0.496 e. The second-order valence-corrected chi connectivity index (χ2v) is 5.73. The van der Waals surface area contributed by atoms with Gasteiger partial charge in [-0.05, 0) is 24.0 Å². The number of rotatable bonds is 4. The molecule has 0 unspecified atom stereocenters. The molecule has 0 spiro atoms. The van der Waals surface area contributed by atoms with E-state index in [2.05, 4.69) is 12.1 Å². The topological polar surface area (TPSA) is 29.5 Å². The normalized spacial score (nSPS) is 18.3. The van der Waals surface area contributed by atoms with Gasteiger partial charge >= 0.3 is 0 Å². The van der Waals surface area contributed by atoms with Crippen LogP contribution in [0.15, 0.2) is 54.6 Å². The highest BCUT2D eigenvalue weighted by Crippen LogP contribution is 2.30. The third kappa shape index (κ3) is 3.14. The summed E-state index contributed by atoms with van der Waals surface area (Å²) in [5, 5.41) is 0. The summed E-state index contributed by atoms with van der Waals surface area (Å²) in [5.41, 5.74) is 2.34. The number of ether oxygens (including phenoxy) is 1. The lowest BCUT2D eigenvalue weighted by molar-refractivity contribution is -0.134. The molecule has 0 radical (unpaired) electrons. The van der Waals surface area contributed by atoms with Crippen LogP contribution >= 0.6 is 0 Å². The molecule has 3 rings (SSSR count). The van der Waals surface area contributed by atoms with Crippen molar-refractivity contribution in [1.29, 1.82) is 0 Å². The molecule has 3 heteroatoms. The summed E-state index contributed by atoms with van der Waals surface area (Å²) >= 11 is 0. The van der Waals surface area contributed by atoms with E-state index in [1.165, 1.54) is 5.56 Å². The Morgan fingerprint density at radius 3 is 2.55 bits per heavy atom. The summed E-state index contributed by atoms with van der Waals surface area (Å²) in [6, 6.07) is 18.2. The standard InChI is InChI=1S/C19H21NO2/c1-22-18-10-6-5-9-17(18)14-20-12-11-16(13-19(20)21)15-7-3-2-4-8-15/h2-10,16H,11-14H2,1H3/t16-/m1/s1. The van der Waals surface area contributed by atoms with E-state index in [-0.39, 0.29) is 5.91 Å². The van der Waals surface area contributed by atoms with Crippen LogP contribution in [0.4, 0.5) is 0 Å². The van der Waals surface area contributed by atoms with Crippen LogP contribution in [0, 0.1) is 0 Å². The second kappa shape index (κ2) is 6.65. The lowest BCUT2D eigenvalue weighted by atomic mass is 9.89. The first-order chi connectivity index (χ1) is 10.8. The zero-order valence-electron chi connectivity index (χ0n) is 12.9. The fourth-order valence-corrected chi connectivity index (χ4v) is 3.09. The number of hydrogen-bond acceptors (Lipinski definition) is 2. The van der Waals surface area contributed by atoms with Gasteiger partial charge in [0.15, 0.2) is 0 Å². The first kappa shape index (κ1) is 14.6. The molecular formula is C19H21NO2. The van der Waals surface area contributed by atoms with Gasteiger partial charge in [0.05, 0.1) is 7.11 Å². The highest BCUT2D eigenvalue weighted by atomic mass is 16.5. The zero-order chi connectivity index (χ0) is 15.4. The van der Waals surface area contributed by atoms with Crippen LogP contribution in [-0.4, -0.2) is 24.5 Å². The van der Waals surface area contributed by atoms with Gasteiger partial charge in [0.2, 0.25) is 5.91 Å². The van der Waals surface area contributed by atoms with E-state index in [4.69, 9.17) is 4.74 Å². The highest BCUT2D eigenvalue weighted by molar-refractivity contribution is 5.78. The molecule has 114 valence electrons.